The normalized spacial score (nSPS) is 12.2. The fraction of sp³-hybridized carbons (Fsp3) is 0.375. The molecule has 0 saturated carbocycles. The summed E-state index contributed by atoms with van der Waals surface area (Å²) in [4.78, 5) is 12.4. The highest BCUT2D eigenvalue weighted by atomic mass is 16.1. The number of amides is 1. The van der Waals surface area contributed by atoms with Gasteiger partial charge in [-0.05, 0) is 39.0 Å². The van der Waals surface area contributed by atoms with Crippen molar-refractivity contribution in [3.8, 4) is 0 Å². The number of nitrogens with one attached hydrogen (secondary N) is 2. The lowest BCUT2D eigenvalue weighted by Gasteiger charge is -2.17. The van der Waals surface area contributed by atoms with Crippen molar-refractivity contribution in [1.82, 2.24) is 15.1 Å². The Morgan fingerprint density at radius 1 is 1.24 bits per heavy atom. The molecule has 1 amide bonds. The van der Waals surface area contributed by atoms with E-state index in [0.29, 0.717) is 12.1 Å². The summed E-state index contributed by atoms with van der Waals surface area (Å²) in [6.07, 6.45) is 3.62. The topological polar surface area (TPSA) is 59.0 Å². The zero-order chi connectivity index (χ0) is 15.2. The Bertz CT molecular complexity index is 578. The van der Waals surface area contributed by atoms with E-state index in [1.165, 1.54) is 0 Å². The number of hydrogen-bond donors (Lipinski definition) is 2. The van der Waals surface area contributed by atoms with E-state index in [4.69, 9.17) is 0 Å². The molecule has 0 aliphatic heterocycles. The molecule has 0 aliphatic rings. The van der Waals surface area contributed by atoms with Gasteiger partial charge in [0.2, 0.25) is 0 Å². The van der Waals surface area contributed by atoms with Gasteiger partial charge in [-0.1, -0.05) is 12.1 Å². The Morgan fingerprint density at radius 3 is 2.67 bits per heavy atom. The Hall–Kier alpha value is -2.30. The Balaban J connectivity index is 2.02. The zero-order valence-corrected chi connectivity index (χ0v) is 12.7. The van der Waals surface area contributed by atoms with E-state index < -0.39 is 0 Å². The first-order chi connectivity index (χ1) is 10.1. The maximum atomic E-state index is 12.4. The number of para-hydroxylation sites is 1. The third-order valence-corrected chi connectivity index (χ3v) is 3.01. The van der Waals surface area contributed by atoms with Crippen LogP contribution in [0.1, 0.15) is 31.1 Å². The second-order valence-corrected chi connectivity index (χ2v) is 5.45. The van der Waals surface area contributed by atoms with Gasteiger partial charge in [0, 0.05) is 30.2 Å². The van der Waals surface area contributed by atoms with Crippen LogP contribution in [0.3, 0.4) is 0 Å². The van der Waals surface area contributed by atoms with Crippen LogP contribution >= 0.6 is 0 Å². The molecule has 0 fully saturated rings. The lowest BCUT2D eigenvalue weighted by atomic mass is 10.1. The summed E-state index contributed by atoms with van der Waals surface area (Å²) >= 11 is 0. The second-order valence-electron chi connectivity index (χ2n) is 5.45. The number of carbonyl (C=O) groups is 1. The average Bonchev–Trinajstić information content (AvgIpc) is 2.91. The van der Waals surface area contributed by atoms with E-state index in [2.05, 4.69) is 29.6 Å². The SMILES string of the molecule is CC(C)Nc1ccccc1C(=O)NC(C)Cn1cccn1. The van der Waals surface area contributed by atoms with Crippen LogP contribution in [0.4, 0.5) is 5.69 Å². The third-order valence-electron chi connectivity index (χ3n) is 3.01. The van der Waals surface area contributed by atoms with Gasteiger partial charge in [0.05, 0.1) is 12.1 Å². The molecule has 1 aromatic heterocycles. The van der Waals surface area contributed by atoms with E-state index in [9.17, 15) is 4.79 Å². The summed E-state index contributed by atoms with van der Waals surface area (Å²) in [5, 5.41) is 10.4. The van der Waals surface area contributed by atoms with Crippen LogP contribution in [0.2, 0.25) is 0 Å². The number of aromatic nitrogens is 2. The molecule has 2 rings (SSSR count). The van der Waals surface area contributed by atoms with Gasteiger partial charge in [-0.15, -0.1) is 0 Å². The summed E-state index contributed by atoms with van der Waals surface area (Å²) in [5.74, 6) is -0.0709. The molecule has 0 aliphatic carbocycles. The predicted molar refractivity (Wildman–Crippen MR) is 84.4 cm³/mol. The van der Waals surface area contributed by atoms with E-state index in [1.54, 1.807) is 6.20 Å². The summed E-state index contributed by atoms with van der Waals surface area (Å²) in [6.45, 7) is 6.72. The highest BCUT2D eigenvalue weighted by molar-refractivity contribution is 5.99. The number of benzene rings is 1. The largest absolute Gasteiger partial charge is 0.382 e. The molecule has 0 saturated heterocycles. The van der Waals surface area contributed by atoms with Crippen LogP contribution in [0.15, 0.2) is 42.7 Å². The minimum Gasteiger partial charge on any atom is -0.382 e. The molecule has 2 aromatic rings. The van der Waals surface area contributed by atoms with Crippen LogP contribution in [0.5, 0.6) is 0 Å². The number of anilines is 1. The first kappa shape index (κ1) is 15.1. The minimum atomic E-state index is -0.0709. The molecule has 21 heavy (non-hydrogen) atoms. The van der Waals surface area contributed by atoms with Crippen molar-refractivity contribution in [2.24, 2.45) is 0 Å². The standard InChI is InChI=1S/C16H22N4O/c1-12(2)18-15-8-5-4-7-14(15)16(21)19-13(3)11-20-10-6-9-17-20/h4-10,12-13,18H,11H2,1-3H3,(H,19,21). The van der Waals surface area contributed by atoms with Crippen molar-refractivity contribution < 1.29 is 4.79 Å². The molecule has 5 nitrogen and oxygen atoms in total. The molecule has 0 radical (unpaired) electrons. The van der Waals surface area contributed by atoms with Gasteiger partial charge in [-0.25, -0.2) is 0 Å². The molecular weight excluding hydrogens is 264 g/mol. The monoisotopic (exact) mass is 286 g/mol. The van der Waals surface area contributed by atoms with Crippen molar-refractivity contribution in [3.63, 3.8) is 0 Å². The Morgan fingerprint density at radius 2 is 2.00 bits per heavy atom. The zero-order valence-electron chi connectivity index (χ0n) is 12.7. The number of hydrogen-bond acceptors (Lipinski definition) is 3. The maximum Gasteiger partial charge on any atom is 0.253 e. The predicted octanol–water partition coefficient (Wildman–Crippen LogP) is 2.52. The molecule has 1 heterocycles. The van der Waals surface area contributed by atoms with Crippen LogP contribution in [-0.2, 0) is 6.54 Å². The number of carbonyl (C=O) groups excluding carboxylic acids is 1. The van der Waals surface area contributed by atoms with Crippen LogP contribution in [0, 0.1) is 0 Å². The van der Waals surface area contributed by atoms with Crippen LogP contribution in [0.25, 0.3) is 0 Å². The Kier molecular flexibility index (Phi) is 4.98. The number of rotatable bonds is 6. The van der Waals surface area contributed by atoms with E-state index in [1.807, 2.05) is 48.1 Å². The number of nitrogens with zero attached hydrogens (tertiary/aromatic N) is 2. The lowest BCUT2D eigenvalue weighted by Crippen LogP contribution is -2.36. The van der Waals surface area contributed by atoms with Gasteiger partial charge >= 0.3 is 0 Å². The maximum absolute atomic E-state index is 12.4. The molecular formula is C16H22N4O. The highest BCUT2D eigenvalue weighted by Gasteiger charge is 2.14. The van der Waals surface area contributed by atoms with Gasteiger partial charge in [0.25, 0.3) is 5.91 Å². The molecule has 0 bridgehead atoms. The molecule has 1 aromatic carbocycles. The van der Waals surface area contributed by atoms with Crippen molar-refractivity contribution >= 4 is 11.6 Å². The first-order valence-electron chi connectivity index (χ1n) is 7.20. The first-order valence-corrected chi connectivity index (χ1v) is 7.20. The molecule has 0 spiro atoms. The average molecular weight is 286 g/mol. The lowest BCUT2D eigenvalue weighted by molar-refractivity contribution is 0.0937. The summed E-state index contributed by atoms with van der Waals surface area (Å²) in [5.41, 5.74) is 1.52. The molecule has 2 N–H and O–H groups in total. The van der Waals surface area contributed by atoms with Gasteiger partial charge in [0.1, 0.15) is 0 Å². The molecule has 112 valence electrons. The molecule has 1 unspecified atom stereocenters. The second kappa shape index (κ2) is 6.92. The van der Waals surface area contributed by atoms with E-state index >= 15 is 0 Å². The summed E-state index contributed by atoms with van der Waals surface area (Å²) < 4.78 is 1.81. The van der Waals surface area contributed by atoms with Crippen LogP contribution in [-0.4, -0.2) is 27.8 Å². The summed E-state index contributed by atoms with van der Waals surface area (Å²) in [7, 11) is 0. The molecule has 1 atom stereocenters. The van der Waals surface area contributed by atoms with Gasteiger partial charge in [-0.2, -0.15) is 5.10 Å². The fourth-order valence-electron chi connectivity index (χ4n) is 2.15. The summed E-state index contributed by atoms with van der Waals surface area (Å²) in [6, 6.07) is 9.71. The smallest absolute Gasteiger partial charge is 0.253 e. The van der Waals surface area contributed by atoms with Crippen molar-refractivity contribution in [3.05, 3.63) is 48.3 Å². The van der Waals surface area contributed by atoms with Gasteiger partial charge in [0.15, 0.2) is 0 Å². The quantitative estimate of drug-likeness (QED) is 0.858. The Labute approximate surface area is 125 Å². The van der Waals surface area contributed by atoms with Gasteiger partial charge < -0.3 is 10.6 Å². The van der Waals surface area contributed by atoms with E-state index in [0.717, 1.165) is 5.69 Å². The minimum absolute atomic E-state index is 0.00417. The fourth-order valence-corrected chi connectivity index (χ4v) is 2.15. The van der Waals surface area contributed by atoms with Crippen molar-refractivity contribution in [2.75, 3.05) is 5.32 Å². The highest BCUT2D eigenvalue weighted by Crippen LogP contribution is 2.16. The van der Waals surface area contributed by atoms with Crippen LogP contribution < -0.4 is 10.6 Å². The third kappa shape index (κ3) is 4.34. The van der Waals surface area contributed by atoms with Crippen molar-refractivity contribution in [2.45, 2.75) is 39.4 Å². The van der Waals surface area contributed by atoms with E-state index in [-0.39, 0.29) is 18.0 Å². The molecule has 5 heteroatoms. The van der Waals surface area contributed by atoms with Crippen molar-refractivity contribution in [1.29, 1.82) is 0 Å². The van der Waals surface area contributed by atoms with Gasteiger partial charge in [-0.3, -0.25) is 9.48 Å².